The van der Waals surface area contributed by atoms with Gasteiger partial charge < -0.3 is 25.0 Å². The fraction of sp³-hybridized carbons (Fsp3) is 0.579. The Kier molecular flexibility index (Phi) is 8.21. The minimum Gasteiger partial charge on any atom is -0.494 e. The summed E-state index contributed by atoms with van der Waals surface area (Å²) >= 11 is 0. The van der Waals surface area contributed by atoms with Crippen molar-refractivity contribution in [1.29, 1.82) is 0 Å². The van der Waals surface area contributed by atoms with Gasteiger partial charge in [-0.2, -0.15) is 0 Å². The van der Waals surface area contributed by atoms with Crippen LogP contribution in [0.15, 0.2) is 24.3 Å². The topological polar surface area (TPSA) is 79.9 Å². The van der Waals surface area contributed by atoms with Crippen molar-refractivity contribution in [2.45, 2.75) is 39.2 Å². The van der Waals surface area contributed by atoms with Gasteiger partial charge in [0, 0.05) is 32.0 Å². The maximum Gasteiger partial charge on any atom is 0.322 e. The molecule has 0 aromatic heterocycles. The zero-order valence-corrected chi connectivity index (χ0v) is 15.6. The number of anilines is 1. The molecule has 7 heteroatoms. The predicted molar refractivity (Wildman–Crippen MR) is 100 cm³/mol. The molecule has 1 heterocycles. The molecule has 3 amide bonds. The number of carbonyl (C=O) groups is 2. The lowest BCUT2D eigenvalue weighted by Crippen LogP contribution is -2.47. The number of benzene rings is 1. The normalized spacial score (nSPS) is 16.4. The third kappa shape index (κ3) is 5.91. The van der Waals surface area contributed by atoms with Crippen LogP contribution in [0.3, 0.4) is 0 Å². The molecule has 0 unspecified atom stereocenters. The first-order valence-corrected chi connectivity index (χ1v) is 9.31. The zero-order chi connectivity index (χ0) is 18.8. The van der Waals surface area contributed by atoms with E-state index in [0.29, 0.717) is 45.0 Å². The van der Waals surface area contributed by atoms with Gasteiger partial charge in [-0.05, 0) is 57.4 Å². The number of hydrogen-bond acceptors (Lipinski definition) is 4. The highest BCUT2D eigenvalue weighted by Gasteiger charge is 2.33. The molecule has 0 saturated carbocycles. The van der Waals surface area contributed by atoms with Gasteiger partial charge in [0.25, 0.3) is 0 Å². The van der Waals surface area contributed by atoms with E-state index in [1.54, 1.807) is 17.0 Å². The van der Waals surface area contributed by atoms with E-state index >= 15 is 0 Å². The van der Waals surface area contributed by atoms with Crippen LogP contribution in [0.25, 0.3) is 0 Å². The van der Waals surface area contributed by atoms with Gasteiger partial charge in [0.15, 0.2) is 0 Å². The van der Waals surface area contributed by atoms with E-state index in [1.807, 2.05) is 26.0 Å². The van der Waals surface area contributed by atoms with E-state index in [2.05, 4.69) is 10.6 Å². The summed E-state index contributed by atoms with van der Waals surface area (Å²) in [5, 5.41) is 5.75. The minimum atomic E-state index is -0.412. The molecule has 1 aromatic carbocycles. The molecule has 1 aliphatic heterocycles. The highest BCUT2D eigenvalue weighted by molar-refractivity contribution is 5.94. The van der Waals surface area contributed by atoms with Crippen molar-refractivity contribution < 1.29 is 19.1 Å². The van der Waals surface area contributed by atoms with Crippen molar-refractivity contribution in [3.05, 3.63) is 24.3 Å². The Labute approximate surface area is 155 Å². The largest absolute Gasteiger partial charge is 0.494 e. The number of rotatable bonds is 9. The predicted octanol–water partition coefficient (Wildman–Crippen LogP) is 2.62. The number of amides is 3. The van der Waals surface area contributed by atoms with Gasteiger partial charge >= 0.3 is 6.03 Å². The first kappa shape index (κ1) is 20.0. The van der Waals surface area contributed by atoms with E-state index in [-0.39, 0.29) is 11.9 Å². The molecule has 1 aliphatic rings. The lowest BCUT2D eigenvalue weighted by atomic mass is 10.2. The second kappa shape index (κ2) is 10.7. The standard InChI is InChI=1S/C19H29N3O4/c1-3-25-14-6-12-20-18(23)17-7-5-13-22(17)19(24)21-15-8-10-16(11-9-15)26-4-2/h8-11,17H,3-7,12-14H2,1-2H3,(H,20,23)(H,21,24)/t17-/m0/s1. The number of carbonyl (C=O) groups excluding carboxylic acids is 2. The molecule has 1 aromatic rings. The number of urea groups is 1. The molecule has 0 bridgehead atoms. The summed E-state index contributed by atoms with van der Waals surface area (Å²) in [5.41, 5.74) is 0.682. The molecule has 7 nitrogen and oxygen atoms in total. The Hall–Kier alpha value is -2.28. The molecule has 144 valence electrons. The van der Waals surface area contributed by atoms with Gasteiger partial charge in [0.2, 0.25) is 5.91 Å². The fourth-order valence-electron chi connectivity index (χ4n) is 2.93. The average Bonchev–Trinajstić information content (AvgIpc) is 3.13. The summed E-state index contributed by atoms with van der Waals surface area (Å²) in [6.45, 7) is 6.91. The Morgan fingerprint density at radius 2 is 1.96 bits per heavy atom. The van der Waals surface area contributed by atoms with Crippen molar-refractivity contribution in [3.63, 3.8) is 0 Å². The summed E-state index contributed by atoms with van der Waals surface area (Å²) < 4.78 is 10.6. The molecule has 0 aliphatic carbocycles. The highest BCUT2D eigenvalue weighted by Crippen LogP contribution is 2.20. The van der Waals surface area contributed by atoms with Crippen LogP contribution in [0.1, 0.15) is 33.1 Å². The summed E-state index contributed by atoms with van der Waals surface area (Å²) in [7, 11) is 0. The SMILES string of the molecule is CCOCCCNC(=O)[C@@H]1CCCN1C(=O)Nc1ccc(OCC)cc1. The Morgan fingerprint density at radius 1 is 1.19 bits per heavy atom. The number of hydrogen-bond donors (Lipinski definition) is 2. The quantitative estimate of drug-likeness (QED) is 0.661. The summed E-state index contributed by atoms with van der Waals surface area (Å²) in [5.74, 6) is 0.664. The van der Waals surface area contributed by atoms with Crippen LogP contribution in [0.2, 0.25) is 0 Å². The molecular formula is C19H29N3O4. The van der Waals surface area contributed by atoms with E-state index in [0.717, 1.165) is 18.6 Å². The van der Waals surface area contributed by atoms with Crippen molar-refractivity contribution >= 4 is 17.6 Å². The molecule has 0 radical (unpaired) electrons. The molecule has 26 heavy (non-hydrogen) atoms. The third-order valence-corrected chi connectivity index (χ3v) is 4.20. The van der Waals surface area contributed by atoms with Crippen LogP contribution in [-0.2, 0) is 9.53 Å². The van der Waals surface area contributed by atoms with Crippen LogP contribution >= 0.6 is 0 Å². The van der Waals surface area contributed by atoms with Gasteiger partial charge in [0.1, 0.15) is 11.8 Å². The van der Waals surface area contributed by atoms with Crippen molar-refractivity contribution in [3.8, 4) is 5.75 Å². The summed E-state index contributed by atoms with van der Waals surface area (Å²) in [4.78, 5) is 26.5. The van der Waals surface area contributed by atoms with Crippen LogP contribution in [0.5, 0.6) is 5.75 Å². The second-order valence-electron chi connectivity index (χ2n) is 6.08. The smallest absolute Gasteiger partial charge is 0.322 e. The Morgan fingerprint density at radius 3 is 2.65 bits per heavy atom. The first-order chi connectivity index (χ1) is 12.7. The maximum atomic E-state index is 12.5. The number of nitrogens with one attached hydrogen (secondary N) is 2. The monoisotopic (exact) mass is 363 g/mol. The van der Waals surface area contributed by atoms with Gasteiger partial charge in [0.05, 0.1) is 6.61 Å². The molecule has 1 saturated heterocycles. The lowest BCUT2D eigenvalue weighted by molar-refractivity contribution is -0.124. The van der Waals surface area contributed by atoms with Crippen molar-refractivity contribution in [2.75, 3.05) is 38.2 Å². The van der Waals surface area contributed by atoms with Crippen molar-refractivity contribution in [1.82, 2.24) is 10.2 Å². The molecule has 1 atom stereocenters. The molecule has 1 fully saturated rings. The van der Waals surface area contributed by atoms with Crippen LogP contribution in [-0.4, -0.2) is 55.8 Å². The van der Waals surface area contributed by atoms with Gasteiger partial charge in [-0.15, -0.1) is 0 Å². The van der Waals surface area contributed by atoms with Crippen molar-refractivity contribution in [2.24, 2.45) is 0 Å². The maximum absolute atomic E-state index is 12.5. The third-order valence-electron chi connectivity index (χ3n) is 4.20. The zero-order valence-electron chi connectivity index (χ0n) is 15.6. The van der Waals surface area contributed by atoms with Gasteiger partial charge in [-0.25, -0.2) is 4.79 Å². The van der Waals surface area contributed by atoms with Gasteiger partial charge in [-0.1, -0.05) is 0 Å². The van der Waals surface area contributed by atoms with E-state index < -0.39 is 6.04 Å². The van der Waals surface area contributed by atoms with Crippen LogP contribution in [0, 0.1) is 0 Å². The number of ether oxygens (including phenoxy) is 2. The molecule has 2 N–H and O–H groups in total. The molecule has 2 rings (SSSR count). The lowest BCUT2D eigenvalue weighted by Gasteiger charge is -2.24. The minimum absolute atomic E-state index is 0.0964. The molecule has 0 spiro atoms. The summed E-state index contributed by atoms with van der Waals surface area (Å²) in [6.07, 6.45) is 2.28. The first-order valence-electron chi connectivity index (χ1n) is 9.31. The number of likely N-dealkylation sites (tertiary alicyclic amines) is 1. The Balaban J connectivity index is 1.83. The van der Waals surface area contributed by atoms with Crippen LogP contribution in [0.4, 0.5) is 10.5 Å². The van der Waals surface area contributed by atoms with E-state index in [1.165, 1.54) is 0 Å². The van der Waals surface area contributed by atoms with Crippen LogP contribution < -0.4 is 15.4 Å². The van der Waals surface area contributed by atoms with Gasteiger partial charge in [-0.3, -0.25) is 4.79 Å². The summed E-state index contributed by atoms with van der Waals surface area (Å²) in [6, 6.07) is 6.55. The average molecular weight is 363 g/mol. The highest BCUT2D eigenvalue weighted by atomic mass is 16.5. The fourth-order valence-corrected chi connectivity index (χ4v) is 2.93. The van der Waals surface area contributed by atoms with E-state index in [9.17, 15) is 9.59 Å². The van der Waals surface area contributed by atoms with E-state index in [4.69, 9.17) is 9.47 Å². The Bertz CT molecular complexity index is 577. The number of nitrogens with zero attached hydrogens (tertiary/aromatic N) is 1. The second-order valence-corrected chi connectivity index (χ2v) is 6.08. The molecular weight excluding hydrogens is 334 g/mol.